The normalized spacial score (nSPS) is 12.3. The van der Waals surface area contributed by atoms with E-state index in [1.165, 1.54) is 6.21 Å². The predicted octanol–water partition coefficient (Wildman–Crippen LogP) is 4.08. The number of halogens is 3. The van der Waals surface area contributed by atoms with Gasteiger partial charge in [-0.3, -0.25) is 4.84 Å². The molecule has 0 radical (unpaired) electrons. The molecule has 0 bridgehead atoms. The largest absolute Gasteiger partial charge is 0.446 e. The summed E-state index contributed by atoms with van der Waals surface area (Å²) in [6, 6.07) is 1.95. The number of oxime groups is 1. The van der Waals surface area contributed by atoms with E-state index < -0.39 is 15.4 Å². The molecule has 9 heteroatoms. The SMILES string of the molecule is CCCN(SC(F)(Cl)Cl)C(=O)ON=CC(C)(C)C#N. The smallest absolute Gasteiger partial charge is 0.298 e. The first-order valence-electron chi connectivity index (χ1n) is 5.31. The highest BCUT2D eigenvalue weighted by molar-refractivity contribution is 8.01. The van der Waals surface area contributed by atoms with E-state index in [9.17, 15) is 9.18 Å². The van der Waals surface area contributed by atoms with Gasteiger partial charge in [-0.15, -0.1) is 0 Å². The molecule has 108 valence electrons. The molecule has 0 rings (SSSR count). The molecule has 0 aliphatic rings. The number of amides is 1. The Kier molecular flexibility index (Phi) is 7.49. The second-order valence-electron chi connectivity index (χ2n) is 4.06. The van der Waals surface area contributed by atoms with Crippen molar-refractivity contribution >= 4 is 47.5 Å². The minimum absolute atomic E-state index is 0.186. The van der Waals surface area contributed by atoms with Crippen LogP contribution in [0.3, 0.4) is 0 Å². The molecule has 0 N–H and O–H groups in total. The second kappa shape index (κ2) is 7.78. The van der Waals surface area contributed by atoms with Crippen molar-refractivity contribution in [2.45, 2.75) is 31.1 Å². The molecule has 0 spiro atoms. The van der Waals surface area contributed by atoms with Gasteiger partial charge in [-0.2, -0.15) is 9.65 Å². The molecule has 1 amide bonds. The van der Waals surface area contributed by atoms with Crippen molar-refractivity contribution in [2.75, 3.05) is 6.54 Å². The van der Waals surface area contributed by atoms with Crippen LogP contribution in [0.25, 0.3) is 0 Å². The van der Waals surface area contributed by atoms with Crippen molar-refractivity contribution in [3.8, 4) is 6.07 Å². The van der Waals surface area contributed by atoms with Crippen LogP contribution in [0, 0.1) is 16.7 Å². The second-order valence-corrected chi connectivity index (χ2v) is 6.93. The van der Waals surface area contributed by atoms with E-state index in [0.717, 1.165) is 4.31 Å². The number of carbonyl (C=O) groups is 1. The monoisotopic (exact) mass is 329 g/mol. The summed E-state index contributed by atoms with van der Waals surface area (Å²) in [6.45, 7) is 5.15. The number of carbonyl (C=O) groups excluding carboxylic acids is 1. The third kappa shape index (κ3) is 8.92. The van der Waals surface area contributed by atoms with Gasteiger partial charge in [-0.25, -0.2) is 9.10 Å². The van der Waals surface area contributed by atoms with E-state index in [1.54, 1.807) is 20.8 Å². The van der Waals surface area contributed by atoms with E-state index in [2.05, 4.69) is 9.99 Å². The van der Waals surface area contributed by atoms with Crippen LogP contribution in [0.4, 0.5) is 9.18 Å². The topological polar surface area (TPSA) is 65.7 Å². The summed E-state index contributed by atoms with van der Waals surface area (Å²) in [6.07, 6.45) is 0.809. The number of hydrogen-bond donors (Lipinski definition) is 0. The highest BCUT2D eigenvalue weighted by atomic mass is 35.5. The minimum Gasteiger partial charge on any atom is -0.298 e. The van der Waals surface area contributed by atoms with Gasteiger partial charge in [0, 0.05) is 18.5 Å². The highest BCUT2D eigenvalue weighted by Crippen LogP contribution is 2.38. The maximum Gasteiger partial charge on any atom is 0.446 e. The molecule has 5 nitrogen and oxygen atoms in total. The van der Waals surface area contributed by atoms with Crippen LogP contribution in [-0.2, 0) is 4.84 Å². The lowest BCUT2D eigenvalue weighted by Crippen LogP contribution is -2.28. The third-order valence-corrected chi connectivity index (χ3v) is 2.81. The first kappa shape index (κ1) is 18.3. The fourth-order valence-electron chi connectivity index (χ4n) is 0.780. The van der Waals surface area contributed by atoms with Crippen LogP contribution in [0.5, 0.6) is 0 Å². The van der Waals surface area contributed by atoms with Crippen LogP contribution in [0.15, 0.2) is 5.16 Å². The minimum atomic E-state index is -2.64. The summed E-state index contributed by atoms with van der Waals surface area (Å²) in [5.74, 6) is 0. The average molecular weight is 330 g/mol. The van der Waals surface area contributed by atoms with Crippen LogP contribution < -0.4 is 0 Å². The third-order valence-electron chi connectivity index (χ3n) is 1.64. The van der Waals surface area contributed by atoms with E-state index in [1.807, 2.05) is 6.07 Å². The van der Waals surface area contributed by atoms with Crippen LogP contribution >= 0.6 is 35.1 Å². The Morgan fingerprint density at radius 1 is 1.63 bits per heavy atom. The molecule has 0 atom stereocenters. The standard InChI is InChI=1S/C10H14Cl2FN3O2S/c1-4-5-16(19-10(11,12)13)8(17)18-15-7-9(2,3)6-14/h7H,4-5H2,1-3H3. The highest BCUT2D eigenvalue weighted by Gasteiger charge is 2.31. The van der Waals surface area contributed by atoms with Crippen molar-refractivity contribution in [1.29, 1.82) is 5.26 Å². The molecular weight excluding hydrogens is 316 g/mol. The lowest BCUT2D eigenvalue weighted by atomic mass is 9.98. The Morgan fingerprint density at radius 3 is 2.63 bits per heavy atom. The van der Waals surface area contributed by atoms with Crippen LogP contribution in [0.1, 0.15) is 27.2 Å². The molecule has 0 fully saturated rings. The van der Waals surface area contributed by atoms with E-state index in [-0.39, 0.29) is 18.5 Å². The molecule has 0 aliphatic heterocycles. The van der Waals surface area contributed by atoms with Gasteiger partial charge < -0.3 is 0 Å². The van der Waals surface area contributed by atoms with Gasteiger partial charge in [0.15, 0.2) is 0 Å². The number of rotatable bonds is 6. The lowest BCUT2D eigenvalue weighted by Gasteiger charge is -2.21. The summed E-state index contributed by atoms with van der Waals surface area (Å²) in [5, 5.41) is 12.1. The quantitative estimate of drug-likeness (QED) is 0.242. The molecule has 0 unspecified atom stereocenters. The molecule has 0 heterocycles. The van der Waals surface area contributed by atoms with Gasteiger partial charge in [0.1, 0.15) is 0 Å². The Morgan fingerprint density at radius 2 is 2.21 bits per heavy atom. The summed E-state index contributed by atoms with van der Waals surface area (Å²) >= 11 is 10.6. The summed E-state index contributed by atoms with van der Waals surface area (Å²) < 4.78 is 11.3. The van der Waals surface area contributed by atoms with Gasteiger partial charge in [0.25, 0.3) is 0 Å². The summed E-state index contributed by atoms with van der Waals surface area (Å²) in [4.78, 5) is 16.1. The summed E-state index contributed by atoms with van der Waals surface area (Å²) in [7, 11) is 0. The van der Waals surface area contributed by atoms with E-state index in [4.69, 9.17) is 28.5 Å². The molecule has 0 aromatic rings. The zero-order valence-corrected chi connectivity index (χ0v) is 13.0. The fraction of sp³-hybridized carbons (Fsp3) is 0.700. The Balaban J connectivity index is 4.55. The number of alkyl halides is 3. The maximum absolute atomic E-state index is 13.1. The van der Waals surface area contributed by atoms with Gasteiger partial charge in [0.2, 0.25) is 0 Å². The molecule has 0 aromatic carbocycles. The van der Waals surface area contributed by atoms with E-state index >= 15 is 0 Å². The summed E-state index contributed by atoms with van der Waals surface area (Å²) in [5.41, 5.74) is -0.869. The average Bonchev–Trinajstić information content (AvgIpc) is 2.26. The first-order chi connectivity index (χ1) is 8.61. The maximum atomic E-state index is 13.1. The molecule has 19 heavy (non-hydrogen) atoms. The Hall–Kier alpha value is -0.710. The Labute approximate surface area is 125 Å². The van der Waals surface area contributed by atoms with E-state index in [0.29, 0.717) is 6.42 Å². The Bertz CT molecular complexity index is 380. The van der Waals surface area contributed by atoms with Crippen molar-refractivity contribution in [2.24, 2.45) is 10.6 Å². The zero-order chi connectivity index (χ0) is 15.1. The number of nitrogens with zero attached hydrogens (tertiary/aromatic N) is 3. The van der Waals surface area contributed by atoms with Gasteiger partial charge in [0.05, 0.1) is 17.7 Å². The van der Waals surface area contributed by atoms with Gasteiger partial charge >= 0.3 is 10.0 Å². The van der Waals surface area contributed by atoms with Crippen LogP contribution in [0.2, 0.25) is 0 Å². The van der Waals surface area contributed by atoms with Crippen LogP contribution in [-0.4, -0.2) is 27.1 Å². The van der Waals surface area contributed by atoms with Crippen molar-refractivity contribution in [1.82, 2.24) is 4.31 Å². The van der Waals surface area contributed by atoms with Crippen molar-refractivity contribution in [3.63, 3.8) is 0 Å². The molecule has 0 saturated carbocycles. The molecule has 0 aliphatic carbocycles. The molecular formula is C10H14Cl2FN3O2S. The number of nitriles is 1. The van der Waals surface area contributed by atoms with Crippen molar-refractivity contribution in [3.05, 3.63) is 0 Å². The number of hydrogen-bond acceptors (Lipinski definition) is 5. The molecule has 0 saturated heterocycles. The van der Waals surface area contributed by atoms with Gasteiger partial charge in [-0.1, -0.05) is 35.3 Å². The fourth-order valence-corrected chi connectivity index (χ4v) is 1.91. The van der Waals surface area contributed by atoms with Gasteiger partial charge in [-0.05, 0) is 20.3 Å². The zero-order valence-electron chi connectivity index (χ0n) is 10.7. The van der Waals surface area contributed by atoms with Crippen molar-refractivity contribution < 1.29 is 14.0 Å². The lowest BCUT2D eigenvalue weighted by molar-refractivity contribution is 0.131. The molecule has 0 aromatic heterocycles. The first-order valence-corrected chi connectivity index (χ1v) is 6.84. The predicted molar refractivity (Wildman–Crippen MR) is 74.5 cm³/mol.